The molecule has 3 aromatic rings. The van der Waals surface area contributed by atoms with E-state index in [9.17, 15) is 17.6 Å². The first-order valence-electron chi connectivity index (χ1n) is 11.4. The number of hydrogen-bond acceptors (Lipinski definition) is 5. The van der Waals surface area contributed by atoms with Gasteiger partial charge in [0.2, 0.25) is 14.9 Å². The number of rotatable bonds is 7. The predicted molar refractivity (Wildman–Crippen MR) is 133 cm³/mol. The molecule has 35 heavy (non-hydrogen) atoms. The third-order valence-corrected chi connectivity index (χ3v) is 8.88. The minimum Gasteiger partial charge on any atom is -0.457 e. The summed E-state index contributed by atoms with van der Waals surface area (Å²) < 4.78 is 45.9. The fourth-order valence-electron chi connectivity index (χ4n) is 4.63. The molecule has 0 bridgehead atoms. The molecule has 0 aliphatic carbocycles. The molecule has 1 unspecified atom stereocenters. The Morgan fingerprint density at radius 3 is 2.54 bits per heavy atom. The van der Waals surface area contributed by atoms with Crippen molar-refractivity contribution in [2.45, 2.75) is 24.1 Å². The molecule has 2 heterocycles. The maximum atomic E-state index is 14.1. The van der Waals surface area contributed by atoms with Crippen LogP contribution in [0.3, 0.4) is 0 Å². The highest BCUT2D eigenvalue weighted by Crippen LogP contribution is 2.52. The lowest BCUT2D eigenvalue weighted by atomic mass is 10.0. The van der Waals surface area contributed by atoms with Crippen molar-refractivity contribution in [2.24, 2.45) is 0 Å². The van der Waals surface area contributed by atoms with Crippen LogP contribution >= 0.6 is 0 Å². The van der Waals surface area contributed by atoms with Crippen LogP contribution in [-0.4, -0.2) is 44.1 Å². The number of amides is 1. The molecule has 2 aliphatic heterocycles. The van der Waals surface area contributed by atoms with Crippen LogP contribution in [-0.2, 0) is 21.2 Å². The minimum absolute atomic E-state index is 0.270. The SMILES string of the molecule is CN(C)c1ccc(Oc2cccc(Cc3cc(F)ccc3NC(=O)[C@@]34CCCN3S4(=O)=O)c2)cc1. The van der Waals surface area contributed by atoms with E-state index >= 15 is 0 Å². The van der Waals surface area contributed by atoms with Crippen LogP contribution in [0.15, 0.2) is 66.7 Å². The van der Waals surface area contributed by atoms with Crippen molar-refractivity contribution in [3.8, 4) is 11.5 Å². The maximum Gasteiger partial charge on any atom is 0.263 e. The first-order valence-corrected chi connectivity index (χ1v) is 12.8. The molecule has 182 valence electrons. The molecular formula is C26H26FN3O4S. The van der Waals surface area contributed by atoms with Crippen molar-refractivity contribution in [3.05, 3.63) is 83.7 Å². The molecule has 0 saturated carbocycles. The van der Waals surface area contributed by atoms with E-state index in [0.29, 0.717) is 42.1 Å². The van der Waals surface area contributed by atoms with Crippen LogP contribution in [0, 0.1) is 5.82 Å². The Hall–Kier alpha value is -3.43. The molecule has 7 nitrogen and oxygen atoms in total. The van der Waals surface area contributed by atoms with E-state index in [4.69, 9.17) is 4.74 Å². The number of benzene rings is 3. The molecule has 2 saturated heterocycles. The molecule has 5 rings (SSSR count). The van der Waals surface area contributed by atoms with Gasteiger partial charge in [-0.05, 0) is 85.0 Å². The van der Waals surface area contributed by atoms with E-state index in [2.05, 4.69) is 5.32 Å². The Labute approximate surface area is 204 Å². The Bertz CT molecular complexity index is 1390. The van der Waals surface area contributed by atoms with Gasteiger partial charge >= 0.3 is 0 Å². The van der Waals surface area contributed by atoms with E-state index in [-0.39, 0.29) is 6.42 Å². The number of anilines is 2. The van der Waals surface area contributed by atoms with E-state index < -0.39 is 26.6 Å². The van der Waals surface area contributed by atoms with Gasteiger partial charge in [0.15, 0.2) is 0 Å². The minimum atomic E-state index is -3.58. The van der Waals surface area contributed by atoms with Crippen molar-refractivity contribution in [1.82, 2.24) is 4.31 Å². The number of nitrogens with zero attached hydrogens (tertiary/aromatic N) is 2. The number of carbonyl (C=O) groups is 1. The van der Waals surface area contributed by atoms with Gasteiger partial charge in [-0.2, -0.15) is 4.31 Å². The van der Waals surface area contributed by atoms with Gasteiger partial charge in [0.05, 0.1) is 0 Å². The van der Waals surface area contributed by atoms with Crippen molar-refractivity contribution in [1.29, 1.82) is 0 Å². The standard InChI is InChI=1S/C26H26FN3O4S/c1-29(2)21-8-10-22(11-9-21)34-23-6-3-5-18(16-23)15-19-17-20(27)7-12-24(19)28-25(31)26-13-4-14-30(26)35(26,32)33/h3,5-12,16-17H,4,13-15H2,1-2H3,(H,28,31)/t26-,30?/m0/s1. The highest BCUT2D eigenvalue weighted by molar-refractivity contribution is 7.98. The fraction of sp³-hybridized carbons (Fsp3) is 0.269. The zero-order chi connectivity index (χ0) is 24.8. The summed E-state index contributed by atoms with van der Waals surface area (Å²) in [6.45, 7) is 0.358. The van der Waals surface area contributed by atoms with Gasteiger partial charge in [0.25, 0.3) is 5.91 Å². The van der Waals surface area contributed by atoms with Crippen LogP contribution in [0.25, 0.3) is 0 Å². The first kappa shape index (κ1) is 23.3. The molecule has 2 atom stereocenters. The topological polar surface area (TPSA) is 78.7 Å². The third-order valence-electron chi connectivity index (χ3n) is 6.52. The predicted octanol–water partition coefficient (Wildman–Crippen LogP) is 4.35. The Balaban J connectivity index is 1.34. The molecule has 0 aromatic heterocycles. The van der Waals surface area contributed by atoms with Crippen LogP contribution in [0.5, 0.6) is 11.5 Å². The Morgan fingerprint density at radius 1 is 1.09 bits per heavy atom. The van der Waals surface area contributed by atoms with Crippen molar-refractivity contribution in [2.75, 3.05) is 30.9 Å². The summed E-state index contributed by atoms with van der Waals surface area (Å²) >= 11 is 0. The summed E-state index contributed by atoms with van der Waals surface area (Å²) in [5, 5.41) is 2.74. The zero-order valence-electron chi connectivity index (χ0n) is 19.5. The van der Waals surface area contributed by atoms with E-state index in [1.54, 1.807) is 0 Å². The number of sulfonamides is 1. The molecule has 2 aliphatic rings. The summed E-state index contributed by atoms with van der Waals surface area (Å²) in [6.07, 6.45) is 1.24. The molecule has 2 fully saturated rings. The van der Waals surface area contributed by atoms with Gasteiger partial charge in [-0.25, -0.2) is 12.8 Å². The fourth-order valence-corrected chi connectivity index (χ4v) is 6.81. The summed E-state index contributed by atoms with van der Waals surface area (Å²) in [5.74, 6) is 0.302. The largest absolute Gasteiger partial charge is 0.457 e. The lowest BCUT2D eigenvalue weighted by molar-refractivity contribution is -0.118. The second kappa shape index (κ2) is 8.66. The van der Waals surface area contributed by atoms with Crippen molar-refractivity contribution >= 4 is 27.3 Å². The molecule has 9 heteroatoms. The highest BCUT2D eigenvalue weighted by Gasteiger charge is 2.77. The van der Waals surface area contributed by atoms with Crippen LogP contribution in [0.2, 0.25) is 0 Å². The lowest BCUT2D eigenvalue weighted by Gasteiger charge is -2.15. The van der Waals surface area contributed by atoms with Crippen LogP contribution < -0.4 is 15.0 Å². The summed E-state index contributed by atoms with van der Waals surface area (Å²) in [4.78, 5) is 13.5. The quantitative estimate of drug-likeness (QED) is 0.493. The zero-order valence-corrected chi connectivity index (χ0v) is 20.3. The average molecular weight is 496 g/mol. The molecular weight excluding hydrogens is 469 g/mol. The molecule has 1 N–H and O–H groups in total. The van der Waals surface area contributed by atoms with Crippen molar-refractivity contribution < 1.29 is 22.3 Å². The first-order chi connectivity index (χ1) is 16.7. The normalized spacial score (nSPS) is 21.7. The van der Waals surface area contributed by atoms with E-state index in [0.717, 1.165) is 11.3 Å². The third kappa shape index (κ3) is 4.15. The number of carbonyl (C=O) groups excluding carboxylic acids is 1. The van der Waals surface area contributed by atoms with Gasteiger partial charge in [-0.15, -0.1) is 0 Å². The van der Waals surface area contributed by atoms with E-state index in [1.165, 1.54) is 22.5 Å². The number of hydrogen-bond donors (Lipinski definition) is 1. The number of halogens is 1. The number of nitrogens with one attached hydrogen (secondary N) is 1. The van der Waals surface area contributed by atoms with Crippen LogP contribution in [0.4, 0.5) is 15.8 Å². The second-order valence-corrected chi connectivity index (χ2v) is 11.1. The summed E-state index contributed by atoms with van der Waals surface area (Å²) in [7, 11) is 0.360. The highest BCUT2D eigenvalue weighted by atomic mass is 32.2. The molecule has 0 spiro atoms. The number of fused-ring (bicyclic) bond motifs is 1. The van der Waals surface area contributed by atoms with Crippen LogP contribution in [0.1, 0.15) is 24.0 Å². The van der Waals surface area contributed by atoms with Crippen molar-refractivity contribution in [3.63, 3.8) is 0 Å². The van der Waals surface area contributed by atoms with Gasteiger partial charge < -0.3 is 15.0 Å². The monoisotopic (exact) mass is 495 g/mol. The second-order valence-electron chi connectivity index (χ2n) is 9.04. The lowest BCUT2D eigenvalue weighted by Crippen LogP contribution is -2.33. The average Bonchev–Trinajstić information content (AvgIpc) is 3.12. The summed E-state index contributed by atoms with van der Waals surface area (Å²) in [6, 6.07) is 19.2. The molecule has 1 amide bonds. The van der Waals surface area contributed by atoms with Gasteiger partial charge in [0, 0.05) is 32.0 Å². The number of ether oxygens (including phenoxy) is 1. The molecule has 3 aromatic carbocycles. The maximum absolute atomic E-state index is 14.1. The van der Waals surface area contributed by atoms with E-state index in [1.807, 2.05) is 67.5 Å². The smallest absolute Gasteiger partial charge is 0.263 e. The summed E-state index contributed by atoms with van der Waals surface area (Å²) in [5.41, 5.74) is 2.86. The molecule has 0 radical (unpaired) electrons. The Kier molecular flexibility index (Phi) is 5.77. The van der Waals surface area contributed by atoms with Gasteiger partial charge in [0.1, 0.15) is 17.3 Å². The van der Waals surface area contributed by atoms with Gasteiger partial charge in [-0.3, -0.25) is 4.79 Å². The van der Waals surface area contributed by atoms with Gasteiger partial charge in [-0.1, -0.05) is 12.1 Å². The Morgan fingerprint density at radius 2 is 1.86 bits per heavy atom.